The predicted octanol–water partition coefficient (Wildman–Crippen LogP) is 4.06. The van der Waals surface area contributed by atoms with Crippen LogP contribution in [0.2, 0.25) is 0 Å². The van der Waals surface area contributed by atoms with E-state index in [-0.39, 0.29) is 11.9 Å². The topological polar surface area (TPSA) is 69.7 Å². The molecule has 5 rings (SSSR count). The van der Waals surface area contributed by atoms with E-state index in [1.165, 1.54) is 11.3 Å². The summed E-state index contributed by atoms with van der Waals surface area (Å²) in [7, 11) is 0. The Labute approximate surface area is 207 Å². The van der Waals surface area contributed by atoms with Crippen LogP contribution in [0.4, 0.5) is 17.2 Å². The fourth-order valence-corrected chi connectivity index (χ4v) is 4.71. The third kappa shape index (κ3) is 6.38. The lowest BCUT2D eigenvalue weighted by molar-refractivity contribution is 0.0909. The number of amides is 1. The molecule has 7 heteroatoms. The third-order valence-electron chi connectivity index (χ3n) is 6.71. The number of morpholine rings is 1. The van der Waals surface area contributed by atoms with Crippen molar-refractivity contribution in [2.45, 2.75) is 25.4 Å². The highest BCUT2D eigenvalue weighted by Crippen LogP contribution is 2.22. The standard InChI is InChI=1S/C28H33N5O2/c34-28(31-25-11-14-32(15-12-25)21-22-4-2-1-3-5-22)23-10-13-29-27(20-23)30-24-6-8-26(9-7-24)33-16-18-35-19-17-33/h1-10,13,20,25H,11-12,14-19,21H2,(H,29,30)(H,31,34). The molecule has 2 N–H and O–H groups in total. The van der Waals surface area contributed by atoms with E-state index in [1.54, 1.807) is 12.3 Å². The molecule has 0 bridgehead atoms. The largest absolute Gasteiger partial charge is 0.378 e. The molecule has 2 saturated heterocycles. The molecular formula is C28H33N5O2. The van der Waals surface area contributed by atoms with Crippen molar-refractivity contribution >= 4 is 23.1 Å². The van der Waals surface area contributed by atoms with E-state index in [9.17, 15) is 4.79 Å². The lowest BCUT2D eigenvalue weighted by atomic mass is 10.0. The number of rotatable bonds is 7. The van der Waals surface area contributed by atoms with E-state index in [0.29, 0.717) is 11.4 Å². The van der Waals surface area contributed by atoms with Crippen molar-refractivity contribution in [3.05, 3.63) is 84.1 Å². The molecule has 2 fully saturated rings. The van der Waals surface area contributed by atoms with Crippen LogP contribution in [-0.4, -0.2) is 61.2 Å². The number of likely N-dealkylation sites (tertiary alicyclic amines) is 1. The Balaban J connectivity index is 1.12. The van der Waals surface area contributed by atoms with Crippen molar-refractivity contribution in [1.29, 1.82) is 0 Å². The van der Waals surface area contributed by atoms with Crippen molar-refractivity contribution in [1.82, 2.24) is 15.2 Å². The molecule has 1 aromatic heterocycles. The number of piperidine rings is 1. The number of aromatic nitrogens is 1. The summed E-state index contributed by atoms with van der Waals surface area (Å²) in [4.78, 5) is 22.1. The molecule has 0 aliphatic carbocycles. The van der Waals surface area contributed by atoms with Crippen molar-refractivity contribution in [2.24, 2.45) is 0 Å². The van der Waals surface area contributed by atoms with Crippen LogP contribution in [0.1, 0.15) is 28.8 Å². The maximum Gasteiger partial charge on any atom is 0.251 e. The minimum Gasteiger partial charge on any atom is -0.378 e. The van der Waals surface area contributed by atoms with Crippen LogP contribution in [0.15, 0.2) is 72.9 Å². The summed E-state index contributed by atoms with van der Waals surface area (Å²) in [5, 5.41) is 6.54. The van der Waals surface area contributed by atoms with Crippen LogP contribution in [0.5, 0.6) is 0 Å². The first kappa shape index (κ1) is 23.3. The number of carbonyl (C=O) groups excluding carboxylic acids is 1. The van der Waals surface area contributed by atoms with Gasteiger partial charge in [-0.2, -0.15) is 0 Å². The number of nitrogens with zero attached hydrogens (tertiary/aromatic N) is 3. The molecule has 0 radical (unpaired) electrons. The van der Waals surface area contributed by atoms with Gasteiger partial charge in [-0.15, -0.1) is 0 Å². The van der Waals surface area contributed by atoms with Gasteiger partial charge < -0.3 is 20.3 Å². The molecule has 3 aromatic rings. The Morgan fingerprint density at radius 3 is 2.43 bits per heavy atom. The van der Waals surface area contributed by atoms with Gasteiger partial charge in [0, 0.05) is 61.9 Å². The Morgan fingerprint density at radius 2 is 1.69 bits per heavy atom. The van der Waals surface area contributed by atoms with Gasteiger partial charge >= 0.3 is 0 Å². The van der Waals surface area contributed by atoms with Crippen LogP contribution in [-0.2, 0) is 11.3 Å². The first-order chi connectivity index (χ1) is 17.2. The number of benzene rings is 2. The summed E-state index contributed by atoms with van der Waals surface area (Å²) in [6, 6.07) is 22.6. The molecule has 1 amide bonds. The van der Waals surface area contributed by atoms with Crippen LogP contribution in [0, 0.1) is 0 Å². The summed E-state index contributed by atoms with van der Waals surface area (Å²) in [5.74, 6) is 0.620. The Hall–Kier alpha value is -3.42. The summed E-state index contributed by atoms with van der Waals surface area (Å²) in [6.45, 7) is 6.31. The molecular weight excluding hydrogens is 438 g/mol. The van der Waals surface area contributed by atoms with Crippen LogP contribution >= 0.6 is 0 Å². The zero-order chi connectivity index (χ0) is 23.9. The number of ether oxygens (including phenoxy) is 1. The Kier molecular flexibility index (Phi) is 7.56. The van der Waals surface area contributed by atoms with Gasteiger partial charge in [0.25, 0.3) is 5.91 Å². The minimum absolute atomic E-state index is 0.0420. The van der Waals surface area contributed by atoms with Gasteiger partial charge in [-0.05, 0) is 54.8 Å². The average molecular weight is 472 g/mol. The van der Waals surface area contributed by atoms with Gasteiger partial charge in [0.1, 0.15) is 5.82 Å². The Morgan fingerprint density at radius 1 is 0.943 bits per heavy atom. The number of pyridine rings is 1. The second kappa shape index (κ2) is 11.3. The highest BCUT2D eigenvalue weighted by atomic mass is 16.5. The molecule has 0 spiro atoms. The number of carbonyl (C=O) groups is 1. The van der Waals surface area contributed by atoms with Crippen molar-refractivity contribution in [3.63, 3.8) is 0 Å². The summed E-state index contributed by atoms with van der Waals surface area (Å²) >= 11 is 0. The van der Waals surface area contributed by atoms with Gasteiger partial charge in [-0.3, -0.25) is 9.69 Å². The highest BCUT2D eigenvalue weighted by molar-refractivity contribution is 5.95. The summed E-state index contributed by atoms with van der Waals surface area (Å²) in [6.07, 6.45) is 3.61. The van der Waals surface area contributed by atoms with Gasteiger partial charge in [-0.25, -0.2) is 4.98 Å². The fourth-order valence-electron chi connectivity index (χ4n) is 4.71. The molecule has 3 heterocycles. The van der Waals surface area contributed by atoms with Gasteiger partial charge in [0.05, 0.1) is 13.2 Å². The number of hydrogen-bond donors (Lipinski definition) is 2. The quantitative estimate of drug-likeness (QED) is 0.542. The van der Waals surface area contributed by atoms with E-state index in [1.807, 2.05) is 24.3 Å². The van der Waals surface area contributed by atoms with Crippen LogP contribution in [0.25, 0.3) is 0 Å². The second-order valence-corrected chi connectivity index (χ2v) is 9.21. The monoisotopic (exact) mass is 471 g/mol. The molecule has 2 aliphatic rings. The Bertz CT molecular complexity index is 1090. The van der Waals surface area contributed by atoms with E-state index in [2.05, 4.69) is 61.8 Å². The molecule has 35 heavy (non-hydrogen) atoms. The smallest absolute Gasteiger partial charge is 0.251 e. The maximum absolute atomic E-state index is 12.9. The van der Waals surface area contributed by atoms with Crippen LogP contribution in [0.3, 0.4) is 0 Å². The molecule has 2 aromatic carbocycles. The predicted molar refractivity (Wildman–Crippen MR) is 139 cm³/mol. The van der Waals surface area contributed by atoms with Gasteiger partial charge in [-0.1, -0.05) is 30.3 Å². The first-order valence-corrected chi connectivity index (χ1v) is 12.5. The lowest BCUT2D eigenvalue weighted by Gasteiger charge is -2.32. The zero-order valence-electron chi connectivity index (χ0n) is 20.0. The number of hydrogen-bond acceptors (Lipinski definition) is 6. The molecule has 0 saturated carbocycles. The molecule has 7 nitrogen and oxygen atoms in total. The fraction of sp³-hybridized carbons (Fsp3) is 0.357. The number of nitrogens with one attached hydrogen (secondary N) is 2. The lowest BCUT2D eigenvalue weighted by Crippen LogP contribution is -2.44. The zero-order valence-corrected chi connectivity index (χ0v) is 20.0. The van der Waals surface area contributed by atoms with Crippen molar-refractivity contribution < 1.29 is 9.53 Å². The average Bonchev–Trinajstić information content (AvgIpc) is 2.91. The molecule has 2 aliphatic heterocycles. The van der Waals surface area contributed by atoms with Gasteiger partial charge in [0.2, 0.25) is 0 Å². The molecule has 182 valence electrons. The van der Waals surface area contributed by atoms with Crippen molar-refractivity contribution in [3.8, 4) is 0 Å². The third-order valence-corrected chi connectivity index (χ3v) is 6.71. The SMILES string of the molecule is O=C(NC1CCN(Cc2ccccc2)CC1)c1ccnc(Nc2ccc(N3CCOCC3)cc2)c1. The highest BCUT2D eigenvalue weighted by Gasteiger charge is 2.21. The summed E-state index contributed by atoms with van der Waals surface area (Å²) < 4.78 is 5.43. The van der Waals surface area contributed by atoms with E-state index < -0.39 is 0 Å². The first-order valence-electron chi connectivity index (χ1n) is 12.5. The normalized spacial score (nSPS) is 17.2. The summed E-state index contributed by atoms with van der Waals surface area (Å²) in [5.41, 5.74) is 4.09. The maximum atomic E-state index is 12.9. The van der Waals surface area contributed by atoms with Crippen LogP contribution < -0.4 is 15.5 Å². The molecule has 0 atom stereocenters. The van der Waals surface area contributed by atoms with Crippen molar-refractivity contribution in [2.75, 3.05) is 49.6 Å². The molecule has 0 unspecified atom stereocenters. The second-order valence-electron chi connectivity index (χ2n) is 9.21. The van der Waals surface area contributed by atoms with E-state index in [4.69, 9.17) is 4.74 Å². The van der Waals surface area contributed by atoms with E-state index in [0.717, 1.165) is 64.5 Å². The van der Waals surface area contributed by atoms with E-state index >= 15 is 0 Å². The minimum atomic E-state index is -0.0420. The number of anilines is 3. The van der Waals surface area contributed by atoms with Gasteiger partial charge in [0.15, 0.2) is 0 Å².